The molecule has 0 saturated carbocycles. The Balaban J connectivity index is 1.90. The van der Waals surface area contributed by atoms with Crippen molar-refractivity contribution in [2.24, 2.45) is 5.92 Å². The summed E-state index contributed by atoms with van der Waals surface area (Å²) in [6, 6.07) is 7.64. The molecule has 27 heavy (non-hydrogen) atoms. The molecule has 1 aromatic carbocycles. The topological polar surface area (TPSA) is 99.5 Å². The second-order valence-electron chi connectivity index (χ2n) is 6.03. The van der Waals surface area contributed by atoms with Crippen LogP contribution in [-0.4, -0.2) is 47.4 Å². The van der Waals surface area contributed by atoms with E-state index in [1.54, 1.807) is 47.4 Å². The minimum atomic E-state index is -0.778. The van der Waals surface area contributed by atoms with E-state index in [1.165, 1.54) is 7.11 Å². The second kappa shape index (κ2) is 9.51. The Morgan fingerprint density at radius 3 is 2.48 bits per heavy atom. The van der Waals surface area contributed by atoms with Crippen LogP contribution in [-0.2, 0) is 19.1 Å². The van der Waals surface area contributed by atoms with E-state index in [1.807, 2.05) is 13.8 Å². The molecular formula is C19H23N3O5. The van der Waals surface area contributed by atoms with Gasteiger partial charge in [-0.15, -0.1) is 0 Å². The minimum absolute atomic E-state index is 0.105. The van der Waals surface area contributed by atoms with Crippen molar-refractivity contribution in [2.75, 3.05) is 13.7 Å². The van der Waals surface area contributed by atoms with Crippen molar-refractivity contribution in [2.45, 2.75) is 26.3 Å². The summed E-state index contributed by atoms with van der Waals surface area (Å²) in [6.45, 7) is 3.25. The van der Waals surface area contributed by atoms with Crippen LogP contribution in [0.25, 0.3) is 5.69 Å². The molecule has 0 bridgehead atoms. The number of methoxy groups -OCH3 is 1. The summed E-state index contributed by atoms with van der Waals surface area (Å²) < 4.78 is 11.4. The molecule has 8 nitrogen and oxygen atoms in total. The van der Waals surface area contributed by atoms with Crippen molar-refractivity contribution in [3.63, 3.8) is 0 Å². The highest BCUT2D eigenvalue weighted by Crippen LogP contribution is 2.11. The highest BCUT2D eigenvalue weighted by atomic mass is 16.5. The Morgan fingerprint density at radius 2 is 1.93 bits per heavy atom. The van der Waals surface area contributed by atoms with Gasteiger partial charge in [0.25, 0.3) is 5.91 Å². The number of carbonyl (C=O) groups excluding carboxylic acids is 3. The molecule has 1 aromatic heterocycles. The predicted molar refractivity (Wildman–Crippen MR) is 97.2 cm³/mol. The Hall–Kier alpha value is -3.16. The normalized spacial score (nSPS) is 12.7. The molecule has 8 heteroatoms. The standard InChI is InChI=1S/C19H23N3O5/c1-4-13(2)17(19(25)26-3)21-16(23)12-27-18(24)14-6-8-15(9-7-14)22-11-5-10-20-22/h5-11,13,17H,4,12H2,1-3H3,(H,21,23)/t13-,17-/m1/s1. The van der Waals surface area contributed by atoms with E-state index in [4.69, 9.17) is 9.47 Å². The Morgan fingerprint density at radius 1 is 1.22 bits per heavy atom. The van der Waals surface area contributed by atoms with Crippen LogP contribution in [0.2, 0.25) is 0 Å². The molecule has 0 aliphatic rings. The first-order chi connectivity index (χ1) is 13.0. The van der Waals surface area contributed by atoms with Gasteiger partial charge in [0, 0.05) is 12.4 Å². The summed E-state index contributed by atoms with van der Waals surface area (Å²) in [5.41, 5.74) is 1.11. The van der Waals surface area contributed by atoms with E-state index in [0.29, 0.717) is 12.0 Å². The molecule has 0 aliphatic heterocycles. The maximum absolute atomic E-state index is 12.1. The average molecular weight is 373 g/mol. The first-order valence-electron chi connectivity index (χ1n) is 8.60. The highest BCUT2D eigenvalue weighted by molar-refractivity contribution is 5.92. The SMILES string of the molecule is CC[C@@H](C)[C@@H](NC(=O)COC(=O)c1ccc(-n2cccn2)cc1)C(=O)OC. The molecule has 2 aromatic rings. The van der Waals surface area contributed by atoms with Gasteiger partial charge in [-0.05, 0) is 36.2 Å². The van der Waals surface area contributed by atoms with E-state index in [0.717, 1.165) is 5.69 Å². The van der Waals surface area contributed by atoms with Crippen LogP contribution in [0.3, 0.4) is 0 Å². The lowest BCUT2D eigenvalue weighted by atomic mass is 9.99. The molecule has 0 aliphatic carbocycles. The van der Waals surface area contributed by atoms with E-state index >= 15 is 0 Å². The van der Waals surface area contributed by atoms with Crippen LogP contribution in [0.5, 0.6) is 0 Å². The van der Waals surface area contributed by atoms with Gasteiger partial charge in [-0.3, -0.25) is 4.79 Å². The summed E-state index contributed by atoms with van der Waals surface area (Å²) in [4.78, 5) is 35.9. The van der Waals surface area contributed by atoms with Crippen LogP contribution < -0.4 is 5.32 Å². The smallest absolute Gasteiger partial charge is 0.338 e. The van der Waals surface area contributed by atoms with Crippen LogP contribution in [0.15, 0.2) is 42.7 Å². The lowest BCUT2D eigenvalue weighted by Gasteiger charge is -2.21. The van der Waals surface area contributed by atoms with Gasteiger partial charge in [0.1, 0.15) is 6.04 Å². The number of hydrogen-bond donors (Lipinski definition) is 1. The average Bonchev–Trinajstić information content (AvgIpc) is 3.24. The van der Waals surface area contributed by atoms with E-state index < -0.39 is 30.5 Å². The van der Waals surface area contributed by atoms with Crippen molar-refractivity contribution in [3.05, 3.63) is 48.3 Å². The van der Waals surface area contributed by atoms with E-state index in [-0.39, 0.29) is 5.92 Å². The molecule has 144 valence electrons. The predicted octanol–water partition coefficient (Wildman–Crippen LogP) is 1.73. The molecule has 0 saturated heterocycles. The maximum Gasteiger partial charge on any atom is 0.338 e. The van der Waals surface area contributed by atoms with Gasteiger partial charge in [-0.2, -0.15) is 5.10 Å². The summed E-state index contributed by atoms with van der Waals surface area (Å²) >= 11 is 0. The van der Waals surface area contributed by atoms with Crippen molar-refractivity contribution < 1.29 is 23.9 Å². The van der Waals surface area contributed by atoms with Crippen molar-refractivity contribution in [1.29, 1.82) is 0 Å². The number of aromatic nitrogens is 2. The highest BCUT2D eigenvalue weighted by Gasteiger charge is 2.27. The molecule has 1 amide bonds. The molecular weight excluding hydrogens is 350 g/mol. The molecule has 2 rings (SSSR count). The zero-order valence-corrected chi connectivity index (χ0v) is 15.5. The fraction of sp³-hybridized carbons (Fsp3) is 0.368. The number of nitrogens with zero attached hydrogens (tertiary/aromatic N) is 2. The Labute approximate surface area is 157 Å². The summed E-state index contributed by atoms with van der Waals surface area (Å²) in [5.74, 6) is -1.83. The number of nitrogens with one attached hydrogen (secondary N) is 1. The summed E-state index contributed by atoms with van der Waals surface area (Å²) in [6.07, 6.45) is 4.12. The minimum Gasteiger partial charge on any atom is -0.467 e. The zero-order valence-electron chi connectivity index (χ0n) is 15.5. The lowest BCUT2D eigenvalue weighted by Crippen LogP contribution is -2.47. The fourth-order valence-corrected chi connectivity index (χ4v) is 2.40. The number of carbonyl (C=O) groups is 3. The van der Waals surface area contributed by atoms with Crippen LogP contribution in [0, 0.1) is 5.92 Å². The third-order valence-corrected chi connectivity index (χ3v) is 4.19. The Kier molecular flexibility index (Phi) is 7.10. The van der Waals surface area contributed by atoms with Crippen LogP contribution in [0.4, 0.5) is 0 Å². The van der Waals surface area contributed by atoms with Crippen LogP contribution in [0.1, 0.15) is 30.6 Å². The fourth-order valence-electron chi connectivity index (χ4n) is 2.40. The first-order valence-corrected chi connectivity index (χ1v) is 8.60. The molecule has 1 N–H and O–H groups in total. The summed E-state index contributed by atoms with van der Waals surface area (Å²) in [7, 11) is 1.26. The number of ether oxygens (including phenoxy) is 2. The number of amides is 1. The number of hydrogen-bond acceptors (Lipinski definition) is 6. The molecule has 0 fully saturated rings. The van der Waals surface area contributed by atoms with E-state index in [9.17, 15) is 14.4 Å². The van der Waals surface area contributed by atoms with Gasteiger partial charge in [0.15, 0.2) is 6.61 Å². The third-order valence-electron chi connectivity index (χ3n) is 4.19. The molecule has 1 heterocycles. The zero-order chi connectivity index (χ0) is 19.8. The molecule has 0 unspecified atom stereocenters. The van der Waals surface area contributed by atoms with Gasteiger partial charge >= 0.3 is 11.9 Å². The monoisotopic (exact) mass is 373 g/mol. The van der Waals surface area contributed by atoms with E-state index in [2.05, 4.69) is 10.4 Å². The maximum atomic E-state index is 12.1. The lowest BCUT2D eigenvalue weighted by molar-refractivity contribution is -0.147. The largest absolute Gasteiger partial charge is 0.467 e. The van der Waals surface area contributed by atoms with Gasteiger partial charge in [-0.25, -0.2) is 14.3 Å². The van der Waals surface area contributed by atoms with Crippen molar-refractivity contribution in [3.8, 4) is 5.69 Å². The third kappa shape index (κ3) is 5.40. The number of esters is 2. The van der Waals surface area contributed by atoms with Gasteiger partial charge in [-0.1, -0.05) is 20.3 Å². The molecule has 2 atom stereocenters. The van der Waals surface area contributed by atoms with Gasteiger partial charge in [0.05, 0.1) is 18.4 Å². The second-order valence-corrected chi connectivity index (χ2v) is 6.03. The van der Waals surface area contributed by atoms with Crippen molar-refractivity contribution >= 4 is 17.8 Å². The molecule has 0 radical (unpaired) electrons. The number of benzene rings is 1. The number of rotatable bonds is 8. The Bertz CT molecular complexity index is 771. The van der Waals surface area contributed by atoms with Gasteiger partial charge < -0.3 is 14.8 Å². The quantitative estimate of drug-likeness (QED) is 0.708. The van der Waals surface area contributed by atoms with Gasteiger partial charge in [0.2, 0.25) is 0 Å². The van der Waals surface area contributed by atoms with Crippen molar-refractivity contribution in [1.82, 2.24) is 15.1 Å². The molecule has 0 spiro atoms. The summed E-state index contributed by atoms with van der Waals surface area (Å²) in [5, 5.41) is 6.65. The first kappa shape index (κ1) is 20.2. The van der Waals surface area contributed by atoms with Crippen LogP contribution >= 0.6 is 0 Å².